The van der Waals surface area contributed by atoms with E-state index in [2.05, 4.69) is 5.32 Å². The Labute approximate surface area is 172 Å². The third kappa shape index (κ3) is 7.09. The van der Waals surface area contributed by atoms with Crippen molar-refractivity contribution in [2.75, 3.05) is 32.9 Å². The molecule has 162 valence electrons. The lowest BCUT2D eigenvalue weighted by Gasteiger charge is -2.26. The second-order valence-electron chi connectivity index (χ2n) is 7.42. The number of carbonyl (C=O) groups is 2. The fraction of sp³-hybridized carbons (Fsp3) is 0.600. The monoisotopic (exact) mass is 426 g/mol. The summed E-state index contributed by atoms with van der Waals surface area (Å²) in [6.07, 6.45) is 0.517. The largest absolute Gasteiger partial charge is 0.456 e. The summed E-state index contributed by atoms with van der Waals surface area (Å²) >= 11 is 0. The van der Waals surface area contributed by atoms with Gasteiger partial charge in [-0.1, -0.05) is 26.0 Å². The summed E-state index contributed by atoms with van der Waals surface area (Å²) in [5.74, 6) is -0.496. The maximum Gasteiger partial charge on any atom is 0.306 e. The molecule has 0 aliphatic carbocycles. The Morgan fingerprint density at radius 1 is 1.14 bits per heavy atom. The molecule has 1 amide bonds. The Morgan fingerprint density at radius 2 is 1.76 bits per heavy atom. The van der Waals surface area contributed by atoms with Gasteiger partial charge in [-0.15, -0.1) is 0 Å². The zero-order valence-electron chi connectivity index (χ0n) is 17.2. The molecule has 0 unspecified atom stereocenters. The summed E-state index contributed by atoms with van der Waals surface area (Å²) in [5, 5.41) is 2.77. The molecule has 1 aliphatic rings. The van der Waals surface area contributed by atoms with Gasteiger partial charge < -0.3 is 14.8 Å². The number of sulfonamides is 1. The van der Waals surface area contributed by atoms with Crippen LogP contribution in [0.3, 0.4) is 0 Å². The minimum Gasteiger partial charge on any atom is -0.456 e. The molecule has 0 spiro atoms. The minimum atomic E-state index is -3.53. The van der Waals surface area contributed by atoms with Crippen LogP contribution in [0.5, 0.6) is 0 Å². The molecule has 0 aromatic heterocycles. The predicted octanol–water partition coefficient (Wildman–Crippen LogP) is 1.34. The Balaban J connectivity index is 1.79. The van der Waals surface area contributed by atoms with Gasteiger partial charge in [0.15, 0.2) is 6.61 Å². The number of esters is 1. The number of aryl methyl sites for hydroxylation is 1. The van der Waals surface area contributed by atoms with Gasteiger partial charge in [-0.2, -0.15) is 4.31 Å². The van der Waals surface area contributed by atoms with Gasteiger partial charge in [0, 0.05) is 25.6 Å². The van der Waals surface area contributed by atoms with Crippen LogP contribution in [0.25, 0.3) is 0 Å². The maximum absolute atomic E-state index is 12.6. The quantitative estimate of drug-likeness (QED) is 0.598. The van der Waals surface area contributed by atoms with E-state index in [9.17, 15) is 18.0 Å². The lowest BCUT2D eigenvalue weighted by atomic mass is 10.1. The van der Waals surface area contributed by atoms with E-state index >= 15 is 0 Å². The van der Waals surface area contributed by atoms with Gasteiger partial charge >= 0.3 is 5.97 Å². The van der Waals surface area contributed by atoms with Crippen LogP contribution in [0, 0.1) is 5.92 Å². The van der Waals surface area contributed by atoms with Gasteiger partial charge in [-0.05, 0) is 37.0 Å². The molecule has 0 bridgehead atoms. The number of benzene rings is 1. The van der Waals surface area contributed by atoms with Crippen molar-refractivity contribution in [1.82, 2.24) is 9.62 Å². The molecule has 1 aliphatic heterocycles. The zero-order valence-corrected chi connectivity index (χ0v) is 18.0. The number of nitrogens with one attached hydrogen (secondary N) is 1. The molecule has 1 atom stereocenters. The SMILES string of the molecule is CC(C)[C@H](C)NC(=O)COC(=O)CCc1ccc(S(=O)(=O)N2CCOCC2)cc1. The number of nitrogens with zero attached hydrogens (tertiary/aromatic N) is 1. The van der Waals surface area contributed by atoms with Crippen LogP contribution in [-0.4, -0.2) is 63.6 Å². The van der Waals surface area contributed by atoms with E-state index < -0.39 is 16.0 Å². The van der Waals surface area contributed by atoms with E-state index in [0.717, 1.165) is 5.56 Å². The van der Waals surface area contributed by atoms with Gasteiger partial charge in [-0.25, -0.2) is 8.42 Å². The third-order valence-corrected chi connectivity index (χ3v) is 6.81. The lowest BCUT2D eigenvalue weighted by molar-refractivity contribution is -0.148. The molecule has 9 heteroatoms. The summed E-state index contributed by atoms with van der Waals surface area (Å²) in [6.45, 7) is 7.07. The Hall–Kier alpha value is -1.97. The van der Waals surface area contributed by atoms with Crippen molar-refractivity contribution in [1.29, 1.82) is 0 Å². The van der Waals surface area contributed by atoms with Crippen LogP contribution in [0.15, 0.2) is 29.2 Å². The Bertz CT molecular complexity index is 786. The van der Waals surface area contributed by atoms with E-state index in [1.54, 1.807) is 24.3 Å². The molecule has 1 N–H and O–H groups in total. The first-order chi connectivity index (χ1) is 13.7. The maximum atomic E-state index is 12.6. The Morgan fingerprint density at radius 3 is 2.34 bits per heavy atom. The first-order valence-electron chi connectivity index (χ1n) is 9.82. The standard InChI is InChI=1S/C20H30N2O6S/c1-15(2)16(3)21-19(23)14-28-20(24)9-6-17-4-7-18(8-5-17)29(25,26)22-10-12-27-13-11-22/h4-5,7-8,15-16H,6,9-14H2,1-3H3,(H,21,23)/t16-/m0/s1. The molecule has 1 aromatic carbocycles. The molecule has 1 heterocycles. The van der Waals surface area contributed by atoms with E-state index in [1.807, 2.05) is 20.8 Å². The van der Waals surface area contributed by atoms with Crippen LogP contribution < -0.4 is 5.32 Å². The van der Waals surface area contributed by atoms with E-state index in [1.165, 1.54) is 4.31 Å². The highest BCUT2D eigenvalue weighted by atomic mass is 32.2. The highest BCUT2D eigenvalue weighted by molar-refractivity contribution is 7.89. The van der Waals surface area contributed by atoms with Gasteiger partial charge in [0.05, 0.1) is 18.1 Å². The number of amides is 1. The summed E-state index contributed by atoms with van der Waals surface area (Å²) in [5.41, 5.74) is 0.820. The minimum absolute atomic E-state index is 0.00783. The second kappa shape index (κ2) is 10.7. The summed E-state index contributed by atoms with van der Waals surface area (Å²) in [4.78, 5) is 23.8. The summed E-state index contributed by atoms with van der Waals surface area (Å²) < 4.78 is 36.8. The molecule has 1 saturated heterocycles. The molecule has 0 saturated carbocycles. The van der Waals surface area contributed by atoms with Crippen molar-refractivity contribution in [2.24, 2.45) is 5.92 Å². The molecule has 8 nitrogen and oxygen atoms in total. The second-order valence-corrected chi connectivity index (χ2v) is 9.36. The molecular formula is C20H30N2O6S. The normalized spacial score (nSPS) is 16.4. The average molecular weight is 427 g/mol. The number of rotatable bonds is 9. The van der Waals surface area contributed by atoms with Crippen molar-refractivity contribution in [3.8, 4) is 0 Å². The first kappa shape index (κ1) is 23.3. The van der Waals surface area contributed by atoms with E-state index in [4.69, 9.17) is 9.47 Å². The Kier molecular flexibility index (Phi) is 8.60. The van der Waals surface area contributed by atoms with Gasteiger partial charge in [-0.3, -0.25) is 9.59 Å². The van der Waals surface area contributed by atoms with Crippen LogP contribution in [0.2, 0.25) is 0 Å². The summed E-state index contributed by atoms with van der Waals surface area (Å²) in [7, 11) is -3.53. The zero-order chi connectivity index (χ0) is 21.4. The van der Waals surface area contributed by atoms with Crippen molar-refractivity contribution < 1.29 is 27.5 Å². The van der Waals surface area contributed by atoms with Crippen LogP contribution in [0.4, 0.5) is 0 Å². The number of ether oxygens (including phenoxy) is 2. The molecular weight excluding hydrogens is 396 g/mol. The highest BCUT2D eigenvalue weighted by Gasteiger charge is 2.26. The predicted molar refractivity (Wildman–Crippen MR) is 108 cm³/mol. The molecule has 29 heavy (non-hydrogen) atoms. The summed E-state index contributed by atoms with van der Waals surface area (Å²) in [6, 6.07) is 6.49. The van der Waals surface area contributed by atoms with Crippen LogP contribution in [0.1, 0.15) is 32.8 Å². The van der Waals surface area contributed by atoms with Crippen LogP contribution >= 0.6 is 0 Å². The number of morpholine rings is 1. The van der Waals surface area contributed by atoms with Crippen LogP contribution in [-0.2, 0) is 35.5 Å². The number of carbonyl (C=O) groups excluding carboxylic acids is 2. The smallest absolute Gasteiger partial charge is 0.306 e. The molecule has 1 fully saturated rings. The topological polar surface area (TPSA) is 102 Å². The van der Waals surface area contributed by atoms with E-state index in [0.29, 0.717) is 38.6 Å². The number of hydrogen-bond acceptors (Lipinski definition) is 6. The van der Waals surface area contributed by atoms with Gasteiger partial charge in [0.1, 0.15) is 0 Å². The van der Waals surface area contributed by atoms with Gasteiger partial charge in [0.2, 0.25) is 10.0 Å². The average Bonchev–Trinajstić information content (AvgIpc) is 2.71. The molecule has 0 radical (unpaired) electrons. The lowest BCUT2D eigenvalue weighted by Crippen LogP contribution is -2.40. The molecule has 1 aromatic rings. The first-order valence-corrected chi connectivity index (χ1v) is 11.3. The highest BCUT2D eigenvalue weighted by Crippen LogP contribution is 2.18. The van der Waals surface area contributed by atoms with Crippen molar-refractivity contribution in [3.05, 3.63) is 29.8 Å². The fourth-order valence-corrected chi connectivity index (χ4v) is 4.10. The molecule has 2 rings (SSSR count). The van der Waals surface area contributed by atoms with Crippen molar-refractivity contribution in [3.63, 3.8) is 0 Å². The fourth-order valence-electron chi connectivity index (χ4n) is 2.69. The third-order valence-electron chi connectivity index (χ3n) is 4.90. The van der Waals surface area contributed by atoms with Crippen molar-refractivity contribution >= 4 is 21.9 Å². The number of hydrogen-bond donors (Lipinski definition) is 1. The van der Waals surface area contributed by atoms with Gasteiger partial charge in [0.25, 0.3) is 5.91 Å². The van der Waals surface area contributed by atoms with Crippen molar-refractivity contribution in [2.45, 2.75) is 44.6 Å². The van der Waals surface area contributed by atoms with E-state index in [-0.39, 0.29) is 29.9 Å².